The van der Waals surface area contributed by atoms with Crippen LogP contribution in [0, 0.1) is 11.3 Å². The van der Waals surface area contributed by atoms with E-state index in [4.69, 9.17) is 5.11 Å². The second kappa shape index (κ2) is 5.71. The molecule has 23 heavy (non-hydrogen) atoms. The van der Waals surface area contributed by atoms with Gasteiger partial charge in [0.2, 0.25) is 0 Å². The molecule has 2 rings (SSSR count). The lowest BCUT2D eigenvalue weighted by Gasteiger charge is -2.46. The van der Waals surface area contributed by atoms with Crippen LogP contribution >= 0.6 is 0 Å². The van der Waals surface area contributed by atoms with Crippen LogP contribution in [0.2, 0.25) is 0 Å². The molecular formula is C18H23FO4. The van der Waals surface area contributed by atoms with E-state index < -0.39 is 29.1 Å². The van der Waals surface area contributed by atoms with Crippen molar-refractivity contribution in [3.8, 4) is 0 Å². The third-order valence-corrected chi connectivity index (χ3v) is 4.93. The fourth-order valence-corrected chi connectivity index (χ4v) is 3.35. The Hall–Kier alpha value is -1.75. The van der Waals surface area contributed by atoms with Crippen molar-refractivity contribution in [1.29, 1.82) is 0 Å². The molecule has 1 fully saturated rings. The van der Waals surface area contributed by atoms with Gasteiger partial charge < -0.3 is 10.2 Å². The molecule has 5 heteroatoms. The number of alkyl halides is 1. The van der Waals surface area contributed by atoms with Gasteiger partial charge in [-0.2, -0.15) is 0 Å². The van der Waals surface area contributed by atoms with Crippen molar-refractivity contribution in [2.24, 2.45) is 11.3 Å². The number of carboxylic acids is 1. The Morgan fingerprint density at radius 2 is 1.96 bits per heavy atom. The monoisotopic (exact) mass is 322 g/mol. The first-order valence-corrected chi connectivity index (χ1v) is 7.71. The Kier molecular flexibility index (Phi) is 4.37. The van der Waals surface area contributed by atoms with Crippen molar-refractivity contribution in [3.63, 3.8) is 0 Å². The fourth-order valence-electron chi connectivity index (χ4n) is 3.35. The summed E-state index contributed by atoms with van der Waals surface area (Å²) in [6, 6.07) is 0. The number of ketones is 1. The first-order valence-electron chi connectivity index (χ1n) is 7.71. The summed E-state index contributed by atoms with van der Waals surface area (Å²) in [6.45, 7) is 6.85. The van der Waals surface area contributed by atoms with Crippen molar-refractivity contribution in [2.75, 3.05) is 0 Å². The molecule has 0 saturated heterocycles. The largest absolute Gasteiger partial charge is 0.478 e. The topological polar surface area (TPSA) is 74.6 Å². The minimum Gasteiger partial charge on any atom is -0.478 e. The lowest BCUT2D eigenvalue weighted by molar-refractivity contribution is -0.131. The van der Waals surface area contributed by atoms with Crippen molar-refractivity contribution in [2.45, 2.75) is 52.3 Å². The van der Waals surface area contributed by atoms with Gasteiger partial charge in [0.15, 0.2) is 5.78 Å². The highest BCUT2D eigenvalue weighted by Gasteiger charge is 2.54. The van der Waals surface area contributed by atoms with E-state index >= 15 is 0 Å². The second-order valence-corrected chi connectivity index (χ2v) is 7.21. The molecule has 0 aliphatic heterocycles. The van der Waals surface area contributed by atoms with E-state index in [2.05, 4.69) is 0 Å². The Bertz CT molecular complexity index is 641. The molecule has 4 nitrogen and oxygen atoms in total. The molecule has 2 aliphatic carbocycles. The van der Waals surface area contributed by atoms with E-state index in [1.165, 1.54) is 12.2 Å². The van der Waals surface area contributed by atoms with Crippen LogP contribution < -0.4 is 0 Å². The van der Waals surface area contributed by atoms with Gasteiger partial charge in [-0.15, -0.1) is 0 Å². The van der Waals surface area contributed by atoms with E-state index in [9.17, 15) is 19.1 Å². The third-order valence-electron chi connectivity index (χ3n) is 4.93. The molecule has 0 radical (unpaired) electrons. The van der Waals surface area contributed by atoms with Crippen LogP contribution in [0.4, 0.5) is 4.39 Å². The summed E-state index contributed by atoms with van der Waals surface area (Å²) < 4.78 is 13.4. The number of carboxylic acid groups (broad SMARTS) is 1. The van der Waals surface area contributed by atoms with Crippen LogP contribution in [0.15, 0.2) is 34.9 Å². The number of halogens is 1. The molecule has 1 saturated carbocycles. The molecule has 0 bridgehead atoms. The highest BCUT2D eigenvalue weighted by molar-refractivity contribution is 5.99. The molecule has 3 unspecified atom stereocenters. The SMILES string of the molecule is CC(C=CC1(O)C(C)=C(C2CC2F)C(=O)CC1(C)C)=CC(=O)O. The van der Waals surface area contributed by atoms with Gasteiger partial charge in [-0.05, 0) is 37.5 Å². The van der Waals surface area contributed by atoms with Crippen LogP contribution in [0.1, 0.15) is 40.5 Å². The van der Waals surface area contributed by atoms with E-state index in [1.807, 2.05) is 0 Å². The number of Topliss-reactive ketones (excluding diaryl/α,β-unsaturated/α-hetero) is 1. The molecule has 3 atom stereocenters. The normalized spacial score (nSPS) is 34.2. The molecular weight excluding hydrogens is 299 g/mol. The van der Waals surface area contributed by atoms with E-state index in [-0.39, 0.29) is 12.2 Å². The van der Waals surface area contributed by atoms with Crippen LogP contribution in [0.3, 0.4) is 0 Å². The number of hydrogen-bond acceptors (Lipinski definition) is 3. The third kappa shape index (κ3) is 3.15. The summed E-state index contributed by atoms with van der Waals surface area (Å²) in [6.07, 6.45) is 3.56. The zero-order chi connectivity index (χ0) is 17.6. The van der Waals surface area contributed by atoms with Crippen LogP contribution in [0.5, 0.6) is 0 Å². The fraction of sp³-hybridized carbons (Fsp3) is 0.556. The molecule has 126 valence electrons. The quantitative estimate of drug-likeness (QED) is 0.616. The second-order valence-electron chi connectivity index (χ2n) is 7.21. The van der Waals surface area contributed by atoms with Crippen LogP contribution in [-0.2, 0) is 9.59 Å². The number of carbonyl (C=O) groups excluding carboxylic acids is 1. The maximum Gasteiger partial charge on any atom is 0.328 e. The van der Waals surface area contributed by atoms with Crippen LogP contribution in [-0.4, -0.2) is 33.7 Å². The minimum absolute atomic E-state index is 0.103. The molecule has 0 aromatic heterocycles. The summed E-state index contributed by atoms with van der Waals surface area (Å²) in [4.78, 5) is 23.1. The number of aliphatic hydroxyl groups is 1. The Morgan fingerprint density at radius 1 is 1.39 bits per heavy atom. The van der Waals surface area contributed by atoms with Gasteiger partial charge in [0.25, 0.3) is 0 Å². The van der Waals surface area contributed by atoms with Gasteiger partial charge in [0.05, 0.1) is 0 Å². The minimum atomic E-state index is -1.41. The Morgan fingerprint density at radius 3 is 2.43 bits per heavy atom. The van der Waals surface area contributed by atoms with Gasteiger partial charge in [-0.3, -0.25) is 4.79 Å². The molecule has 0 heterocycles. The molecule has 2 N–H and O–H groups in total. The number of carbonyl (C=O) groups is 2. The van der Waals surface area contributed by atoms with Gasteiger partial charge in [-0.25, -0.2) is 9.18 Å². The van der Waals surface area contributed by atoms with Crippen LogP contribution in [0.25, 0.3) is 0 Å². The van der Waals surface area contributed by atoms with Crippen molar-refractivity contribution >= 4 is 11.8 Å². The van der Waals surface area contributed by atoms with Gasteiger partial charge in [0, 0.05) is 29.4 Å². The predicted octanol–water partition coefficient (Wildman–Crippen LogP) is 2.98. The van der Waals surface area contributed by atoms with E-state index in [0.717, 1.165) is 6.08 Å². The molecule has 0 aromatic carbocycles. The van der Waals surface area contributed by atoms with Gasteiger partial charge >= 0.3 is 5.97 Å². The number of allylic oxidation sites excluding steroid dienone is 3. The van der Waals surface area contributed by atoms with Gasteiger partial charge in [-0.1, -0.05) is 19.9 Å². The molecule has 0 amide bonds. The van der Waals surface area contributed by atoms with E-state index in [0.29, 0.717) is 23.1 Å². The average Bonchev–Trinajstić information content (AvgIpc) is 3.09. The molecule has 0 aromatic rings. The molecule has 0 spiro atoms. The number of aliphatic carboxylic acids is 1. The average molecular weight is 322 g/mol. The first kappa shape index (κ1) is 17.6. The first-order chi connectivity index (χ1) is 10.5. The zero-order valence-corrected chi connectivity index (χ0v) is 13.9. The molecule has 2 aliphatic rings. The maximum absolute atomic E-state index is 13.4. The Balaban J connectivity index is 2.47. The highest BCUT2D eigenvalue weighted by Crippen LogP contribution is 2.52. The summed E-state index contributed by atoms with van der Waals surface area (Å²) in [5.41, 5.74) is -0.806. The summed E-state index contributed by atoms with van der Waals surface area (Å²) in [7, 11) is 0. The number of rotatable bonds is 4. The van der Waals surface area contributed by atoms with Crippen molar-refractivity contribution in [1.82, 2.24) is 0 Å². The summed E-state index contributed by atoms with van der Waals surface area (Å²) in [5, 5.41) is 20.0. The zero-order valence-electron chi connectivity index (χ0n) is 13.9. The standard InChI is InChI=1S/C18H23FO4/c1-10(7-15(21)22)5-6-18(23)11(2)16(12-8-13(12)19)14(20)9-17(18,3)4/h5-7,12-13,23H,8-9H2,1-4H3,(H,21,22). The van der Waals surface area contributed by atoms with E-state index in [1.54, 1.807) is 27.7 Å². The Labute approximate surface area is 135 Å². The lowest BCUT2D eigenvalue weighted by Crippen LogP contribution is -2.49. The summed E-state index contributed by atoms with van der Waals surface area (Å²) in [5.74, 6) is -1.58. The van der Waals surface area contributed by atoms with Crippen molar-refractivity contribution in [3.05, 3.63) is 34.9 Å². The lowest BCUT2D eigenvalue weighted by atomic mass is 9.62. The predicted molar refractivity (Wildman–Crippen MR) is 84.6 cm³/mol. The van der Waals surface area contributed by atoms with Gasteiger partial charge in [0.1, 0.15) is 11.8 Å². The smallest absolute Gasteiger partial charge is 0.328 e. The van der Waals surface area contributed by atoms with Crippen molar-refractivity contribution < 1.29 is 24.2 Å². The highest BCUT2D eigenvalue weighted by atomic mass is 19.1. The number of hydrogen-bond donors (Lipinski definition) is 2. The summed E-state index contributed by atoms with van der Waals surface area (Å²) >= 11 is 0. The maximum atomic E-state index is 13.4.